The van der Waals surface area contributed by atoms with Crippen molar-refractivity contribution in [3.8, 4) is 0 Å². The topological polar surface area (TPSA) is 88.6 Å². The highest BCUT2D eigenvalue weighted by Crippen LogP contribution is 2.25. The minimum absolute atomic E-state index is 0.0495. The summed E-state index contributed by atoms with van der Waals surface area (Å²) in [5, 5.41) is 0. The summed E-state index contributed by atoms with van der Waals surface area (Å²) >= 11 is 0. The van der Waals surface area contributed by atoms with Gasteiger partial charge in [-0.3, -0.25) is 14.6 Å². The second-order valence-electron chi connectivity index (χ2n) is 6.30. The number of nitrogens with one attached hydrogen (secondary N) is 1. The van der Waals surface area contributed by atoms with Crippen LogP contribution in [0, 0.1) is 5.41 Å². The molecular weight excluding hydrogens is 292 g/mol. The first-order valence-electron chi connectivity index (χ1n) is 7.21. The lowest BCUT2D eigenvalue weighted by atomic mass is 9.87. The van der Waals surface area contributed by atoms with E-state index in [-0.39, 0.29) is 17.3 Å². The van der Waals surface area contributed by atoms with Gasteiger partial charge in [-0.15, -0.1) is 0 Å². The maximum Gasteiger partial charge on any atom is 0.213 e. The van der Waals surface area contributed by atoms with Crippen LogP contribution < -0.4 is 0 Å². The van der Waals surface area contributed by atoms with Gasteiger partial charge in [0, 0.05) is 29.6 Å². The largest absolute Gasteiger partial charge is 0.344 e. The Morgan fingerprint density at radius 3 is 2.48 bits per heavy atom. The Balaban J connectivity index is 2.08. The minimum atomic E-state index is -0.540. The van der Waals surface area contributed by atoms with Crippen LogP contribution in [-0.4, -0.2) is 31.5 Å². The Kier molecular flexibility index (Phi) is 3.52. The normalized spacial score (nSPS) is 11.6. The number of hydrogen-bond donors (Lipinski definition) is 1. The number of pyridine rings is 1. The molecule has 0 atom stereocenters. The van der Waals surface area contributed by atoms with Crippen LogP contribution in [0.3, 0.4) is 0 Å². The van der Waals surface area contributed by atoms with Crippen LogP contribution in [0.4, 0.5) is 0 Å². The Morgan fingerprint density at radius 1 is 1.13 bits per heavy atom. The van der Waals surface area contributed by atoms with Gasteiger partial charge in [-0.1, -0.05) is 20.8 Å². The predicted octanol–water partition coefficient (Wildman–Crippen LogP) is 2.81. The van der Waals surface area contributed by atoms with E-state index < -0.39 is 5.41 Å². The zero-order chi connectivity index (χ0) is 16.6. The van der Waals surface area contributed by atoms with Crippen molar-refractivity contribution < 1.29 is 9.59 Å². The summed E-state index contributed by atoms with van der Waals surface area (Å²) in [5.74, 6) is -0.302. The van der Waals surface area contributed by atoms with Gasteiger partial charge >= 0.3 is 0 Å². The summed E-state index contributed by atoms with van der Waals surface area (Å²) in [4.78, 5) is 40.4. The van der Waals surface area contributed by atoms with Crippen molar-refractivity contribution in [2.45, 2.75) is 20.8 Å². The molecule has 1 N–H and O–H groups in total. The average molecular weight is 308 g/mol. The standard InChI is InChI=1S/C17H16N4O2/c1-17(2,3)15(23)11-8-19-16-13(11)21-12(9-20-16)14(22)10-4-6-18-7-5-10/h4-9H,1-3H3,(H,19,20). The molecule has 0 aliphatic carbocycles. The number of rotatable bonds is 3. The molecule has 0 aliphatic rings. The Bertz CT molecular complexity index is 892. The van der Waals surface area contributed by atoms with E-state index in [1.54, 1.807) is 30.7 Å². The molecule has 0 aromatic carbocycles. The Hall–Kier alpha value is -2.89. The smallest absolute Gasteiger partial charge is 0.213 e. The molecule has 0 unspecified atom stereocenters. The molecule has 0 fully saturated rings. The average Bonchev–Trinajstić information content (AvgIpc) is 2.96. The summed E-state index contributed by atoms with van der Waals surface area (Å²) in [7, 11) is 0. The van der Waals surface area contributed by atoms with E-state index in [0.29, 0.717) is 22.3 Å². The van der Waals surface area contributed by atoms with Gasteiger partial charge in [0.1, 0.15) is 11.2 Å². The molecule has 3 aromatic heterocycles. The highest BCUT2D eigenvalue weighted by molar-refractivity contribution is 6.11. The number of carbonyl (C=O) groups excluding carboxylic acids is 2. The van der Waals surface area contributed by atoms with Gasteiger partial charge in [-0.2, -0.15) is 0 Å². The minimum Gasteiger partial charge on any atom is -0.344 e. The fourth-order valence-electron chi connectivity index (χ4n) is 2.23. The summed E-state index contributed by atoms with van der Waals surface area (Å²) in [6.07, 6.45) is 6.10. The van der Waals surface area contributed by atoms with E-state index in [9.17, 15) is 9.59 Å². The third-order valence-corrected chi connectivity index (χ3v) is 3.48. The number of nitrogens with zero attached hydrogens (tertiary/aromatic N) is 3. The van der Waals surface area contributed by atoms with Crippen molar-refractivity contribution in [3.05, 3.63) is 53.7 Å². The molecule has 3 heterocycles. The SMILES string of the molecule is CC(C)(C)C(=O)c1c[nH]c2ncc(C(=O)c3ccncc3)nc12. The molecule has 0 saturated carbocycles. The van der Waals surface area contributed by atoms with Gasteiger partial charge in [-0.25, -0.2) is 9.97 Å². The van der Waals surface area contributed by atoms with Gasteiger partial charge in [0.2, 0.25) is 5.78 Å². The third-order valence-electron chi connectivity index (χ3n) is 3.48. The first-order chi connectivity index (χ1) is 10.9. The number of fused-ring (bicyclic) bond motifs is 1. The molecule has 6 nitrogen and oxygen atoms in total. The van der Waals surface area contributed by atoms with Crippen LogP contribution >= 0.6 is 0 Å². The van der Waals surface area contributed by atoms with Crippen molar-refractivity contribution in [3.63, 3.8) is 0 Å². The van der Waals surface area contributed by atoms with Gasteiger partial charge in [0.05, 0.1) is 11.8 Å². The van der Waals surface area contributed by atoms with E-state index in [2.05, 4.69) is 19.9 Å². The van der Waals surface area contributed by atoms with E-state index in [0.717, 1.165) is 0 Å². The van der Waals surface area contributed by atoms with Crippen molar-refractivity contribution in [2.24, 2.45) is 5.41 Å². The number of hydrogen-bond acceptors (Lipinski definition) is 5. The molecule has 0 radical (unpaired) electrons. The van der Waals surface area contributed by atoms with Crippen molar-refractivity contribution in [1.29, 1.82) is 0 Å². The lowest BCUT2D eigenvalue weighted by molar-refractivity contribution is 0.0859. The van der Waals surface area contributed by atoms with E-state index in [1.807, 2.05) is 20.8 Å². The molecule has 23 heavy (non-hydrogen) atoms. The van der Waals surface area contributed by atoms with Crippen molar-refractivity contribution >= 4 is 22.7 Å². The van der Waals surface area contributed by atoms with E-state index >= 15 is 0 Å². The maximum atomic E-state index is 12.5. The van der Waals surface area contributed by atoms with Crippen molar-refractivity contribution in [1.82, 2.24) is 19.9 Å². The maximum absolute atomic E-state index is 12.5. The highest BCUT2D eigenvalue weighted by Gasteiger charge is 2.26. The van der Waals surface area contributed by atoms with Crippen LogP contribution in [0.2, 0.25) is 0 Å². The molecule has 3 rings (SSSR count). The van der Waals surface area contributed by atoms with Crippen LogP contribution in [-0.2, 0) is 0 Å². The van der Waals surface area contributed by atoms with Gasteiger partial charge < -0.3 is 4.98 Å². The van der Waals surface area contributed by atoms with Crippen LogP contribution in [0.1, 0.15) is 47.2 Å². The summed E-state index contributed by atoms with van der Waals surface area (Å²) in [5.41, 5.74) is 1.50. The van der Waals surface area contributed by atoms with E-state index in [1.165, 1.54) is 6.20 Å². The summed E-state index contributed by atoms with van der Waals surface area (Å²) in [6, 6.07) is 3.24. The number of carbonyl (C=O) groups is 2. The molecule has 6 heteroatoms. The Labute approximate surface area is 133 Å². The number of Topliss-reactive ketones (excluding diaryl/α,β-unsaturated/α-hetero) is 1. The Morgan fingerprint density at radius 2 is 1.83 bits per heavy atom. The molecular formula is C17H16N4O2. The lowest BCUT2D eigenvalue weighted by Gasteiger charge is -2.15. The van der Waals surface area contributed by atoms with Crippen molar-refractivity contribution in [2.75, 3.05) is 0 Å². The molecule has 0 aliphatic heterocycles. The number of H-pyrrole nitrogens is 1. The number of ketones is 2. The molecule has 0 saturated heterocycles. The fraction of sp³-hybridized carbons (Fsp3) is 0.235. The molecule has 0 bridgehead atoms. The van der Waals surface area contributed by atoms with Crippen LogP contribution in [0.15, 0.2) is 36.9 Å². The zero-order valence-corrected chi connectivity index (χ0v) is 13.1. The summed E-state index contributed by atoms with van der Waals surface area (Å²) in [6.45, 7) is 5.52. The lowest BCUT2D eigenvalue weighted by Crippen LogP contribution is -2.20. The molecule has 0 amide bonds. The highest BCUT2D eigenvalue weighted by atomic mass is 16.1. The van der Waals surface area contributed by atoms with E-state index in [4.69, 9.17) is 0 Å². The molecule has 116 valence electrons. The zero-order valence-electron chi connectivity index (χ0n) is 13.1. The fourth-order valence-corrected chi connectivity index (χ4v) is 2.23. The monoisotopic (exact) mass is 308 g/mol. The quantitative estimate of drug-likeness (QED) is 0.752. The first kappa shape index (κ1) is 15.0. The molecule has 3 aromatic rings. The van der Waals surface area contributed by atoms with Crippen LogP contribution in [0.25, 0.3) is 11.2 Å². The van der Waals surface area contributed by atoms with Crippen LogP contribution in [0.5, 0.6) is 0 Å². The summed E-state index contributed by atoms with van der Waals surface area (Å²) < 4.78 is 0. The second-order valence-corrected chi connectivity index (χ2v) is 6.30. The van der Waals surface area contributed by atoms with Gasteiger partial charge in [0.25, 0.3) is 0 Å². The number of aromatic amines is 1. The van der Waals surface area contributed by atoms with Gasteiger partial charge in [-0.05, 0) is 12.1 Å². The van der Waals surface area contributed by atoms with Gasteiger partial charge in [0.15, 0.2) is 11.4 Å². The third kappa shape index (κ3) is 2.75. The second kappa shape index (κ2) is 5.39. The predicted molar refractivity (Wildman–Crippen MR) is 85.3 cm³/mol. The number of aromatic nitrogens is 4. The molecule has 0 spiro atoms. The first-order valence-corrected chi connectivity index (χ1v) is 7.21.